The van der Waals surface area contributed by atoms with Gasteiger partial charge in [0.1, 0.15) is 5.82 Å². The van der Waals surface area contributed by atoms with E-state index >= 15 is 0 Å². The molecule has 0 unspecified atom stereocenters. The zero-order valence-electron chi connectivity index (χ0n) is 15.7. The molecular formula is C20H34N4O. The maximum atomic E-state index is 6.01. The molecule has 0 bridgehead atoms. The van der Waals surface area contributed by atoms with Crippen LogP contribution in [0.4, 0.5) is 11.5 Å². The summed E-state index contributed by atoms with van der Waals surface area (Å²) in [7, 11) is 0. The lowest BCUT2D eigenvalue weighted by Crippen LogP contribution is -2.33. The third-order valence-electron chi connectivity index (χ3n) is 5.46. The maximum absolute atomic E-state index is 6.01. The first kappa shape index (κ1) is 18.5. The Hall–Kier alpha value is -1.33. The average molecular weight is 347 g/mol. The van der Waals surface area contributed by atoms with Crippen LogP contribution >= 0.6 is 0 Å². The molecule has 0 spiro atoms. The lowest BCUT2D eigenvalue weighted by Gasteiger charge is -2.29. The van der Waals surface area contributed by atoms with Gasteiger partial charge in [-0.2, -0.15) is 0 Å². The van der Waals surface area contributed by atoms with E-state index in [0.29, 0.717) is 12.1 Å². The number of pyridine rings is 1. The van der Waals surface area contributed by atoms with Crippen molar-refractivity contribution in [3.8, 4) is 0 Å². The first-order valence-corrected chi connectivity index (χ1v) is 10.0. The van der Waals surface area contributed by atoms with E-state index in [1.54, 1.807) is 0 Å². The number of nitrogens with two attached hydrogens (primary N) is 1. The molecule has 2 fully saturated rings. The Labute approximate surface area is 152 Å². The molecule has 0 amide bonds. The molecule has 2 aliphatic rings. The van der Waals surface area contributed by atoms with Crippen LogP contribution in [-0.2, 0) is 4.74 Å². The Balaban J connectivity index is 1.61. The molecule has 1 saturated carbocycles. The van der Waals surface area contributed by atoms with Crippen molar-refractivity contribution in [2.45, 2.75) is 70.4 Å². The zero-order valence-corrected chi connectivity index (χ0v) is 15.7. The van der Waals surface area contributed by atoms with Gasteiger partial charge in [0.2, 0.25) is 0 Å². The van der Waals surface area contributed by atoms with Crippen LogP contribution < -0.4 is 16.0 Å². The van der Waals surface area contributed by atoms with Gasteiger partial charge in [-0.05, 0) is 70.4 Å². The Bertz CT molecular complexity index is 518. The second-order valence-corrected chi connectivity index (χ2v) is 7.57. The fourth-order valence-electron chi connectivity index (χ4n) is 3.84. The van der Waals surface area contributed by atoms with Crippen molar-refractivity contribution in [2.75, 3.05) is 36.5 Å². The smallest absolute Gasteiger partial charge is 0.128 e. The summed E-state index contributed by atoms with van der Waals surface area (Å²) in [5, 5.41) is 3.68. The van der Waals surface area contributed by atoms with E-state index in [1.807, 2.05) is 0 Å². The summed E-state index contributed by atoms with van der Waals surface area (Å²) in [5.41, 5.74) is 8.29. The van der Waals surface area contributed by atoms with Crippen LogP contribution in [0.15, 0.2) is 12.1 Å². The zero-order chi connectivity index (χ0) is 17.5. The van der Waals surface area contributed by atoms with Gasteiger partial charge in [-0.1, -0.05) is 0 Å². The van der Waals surface area contributed by atoms with Gasteiger partial charge < -0.3 is 20.7 Å². The second-order valence-electron chi connectivity index (χ2n) is 7.57. The van der Waals surface area contributed by atoms with Gasteiger partial charge in [0.15, 0.2) is 0 Å². The van der Waals surface area contributed by atoms with Gasteiger partial charge in [0.05, 0.1) is 11.4 Å². The highest BCUT2D eigenvalue weighted by Crippen LogP contribution is 2.25. The van der Waals surface area contributed by atoms with Gasteiger partial charge in [0.25, 0.3) is 0 Å². The van der Waals surface area contributed by atoms with Crippen LogP contribution in [0, 0.1) is 6.92 Å². The summed E-state index contributed by atoms with van der Waals surface area (Å²) < 4.78 is 5.66. The van der Waals surface area contributed by atoms with Crippen LogP contribution in [0.1, 0.15) is 57.1 Å². The normalized spacial score (nSPS) is 26.2. The number of hydrogen-bond donors (Lipinski definition) is 2. The van der Waals surface area contributed by atoms with Crippen molar-refractivity contribution >= 4 is 11.5 Å². The Kier molecular flexibility index (Phi) is 6.93. The molecule has 1 aliphatic carbocycles. The molecule has 1 aromatic rings. The number of rotatable bonds is 3. The van der Waals surface area contributed by atoms with Gasteiger partial charge in [-0.15, -0.1) is 0 Å². The number of anilines is 2. The first-order chi connectivity index (χ1) is 12.2. The number of nitrogens with zero attached hydrogens (tertiary/aromatic N) is 2. The topological polar surface area (TPSA) is 63.4 Å². The SMILES string of the molecule is Cc1nc(N2CCCCCOCCC2)ccc1NC1CCC(N)CC1. The van der Waals surface area contributed by atoms with Crippen molar-refractivity contribution in [3.63, 3.8) is 0 Å². The largest absolute Gasteiger partial charge is 0.381 e. The summed E-state index contributed by atoms with van der Waals surface area (Å²) in [5.74, 6) is 1.11. The predicted molar refractivity (Wildman–Crippen MR) is 104 cm³/mol. The van der Waals surface area contributed by atoms with Gasteiger partial charge in [0, 0.05) is 38.4 Å². The van der Waals surface area contributed by atoms with Crippen LogP contribution in [0.25, 0.3) is 0 Å². The summed E-state index contributed by atoms with van der Waals surface area (Å²) in [4.78, 5) is 7.32. The van der Waals surface area contributed by atoms with E-state index in [9.17, 15) is 0 Å². The van der Waals surface area contributed by atoms with Crippen molar-refractivity contribution in [3.05, 3.63) is 17.8 Å². The summed E-state index contributed by atoms with van der Waals surface area (Å²) in [6.45, 7) is 6.02. The molecule has 1 saturated heterocycles. The number of aryl methyl sites for hydroxylation is 1. The van der Waals surface area contributed by atoms with Gasteiger partial charge in [-0.3, -0.25) is 0 Å². The number of ether oxygens (including phenoxy) is 1. The maximum Gasteiger partial charge on any atom is 0.128 e. The summed E-state index contributed by atoms with van der Waals surface area (Å²) in [6, 6.07) is 5.32. The Morgan fingerprint density at radius 2 is 1.80 bits per heavy atom. The van der Waals surface area contributed by atoms with Crippen LogP contribution in [0.3, 0.4) is 0 Å². The average Bonchev–Trinajstić information content (AvgIpc) is 2.63. The van der Waals surface area contributed by atoms with E-state index in [4.69, 9.17) is 15.5 Å². The molecule has 2 heterocycles. The molecule has 5 nitrogen and oxygen atoms in total. The van der Waals surface area contributed by atoms with E-state index in [1.165, 1.54) is 24.9 Å². The fraction of sp³-hybridized carbons (Fsp3) is 0.750. The van der Waals surface area contributed by atoms with Gasteiger partial charge in [-0.25, -0.2) is 4.98 Å². The molecule has 1 aliphatic heterocycles. The number of nitrogens with one attached hydrogen (secondary N) is 1. The number of aromatic nitrogens is 1. The molecule has 25 heavy (non-hydrogen) atoms. The van der Waals surface area contributed by atoms with Gasteiger partial charge >= 0.3 is 0 Å². The molecule has 1 aromatic heterocycles. The third-order valence-corrected chi connectivity index (χ3v) is 5.46. The molecular weight excluding hydrogens is 312 g/mol. The lowest BCUT2D eigenvalue weighted by molar-refractivity contribution is 0.126. The lowest BCUT2D eigenvalue weighted by atomic mass is 9.91. The predicted octanol–water partition coefficient (Wildman–Crippen LogP) is 3.47. The summed E-state index contributed by atoms with van der Waals surface area (Å²) in [6.07, 6.45) is 9.27. The third kappa shape index (κ3) is 5.58. The Morgan fingerprint density at radius 1 is 1.04 bits per heavy atom. The van der Waals surface area contributed by atoms with E-state index in [2.05, 4.69) is 29.3 Å². The Morgan fingerprint density at radius 3 is 2.60 bits per heavy atom. The highest BCUT2D eigenvalue weighted by molar-refractivity contribution is 5.54. The van der Waals surface area contributed by atoms with Crippen LogP contribution in [-0.4, -0.2) is 43.4 Å². The monoisotopic (exact) mass is 346 g/mol. The minimum absolute atomic E-state index is 0.393. The highest BCUT2D eigenvalue weighted by Gasteiger charge is 2.19. The van der Waals surface area contributed by atoms with Crippen molar-refractivity contribution in [1.82, 2.24) is 4.98 Å². The molecule has 0 aromatic carbocycles. The first-order valence-electron chi connectivity index (χ1n) is 10.0. The van der Waals surface area contributed by atoms with Crippen LogP contribution in [0.2, 0.25) is 0 Å². The summed E-state index contributed by atoms with van der Waals surface area (Å²) >= 11 is 0. The minimum Gasteiger partial charge on any atom is -0.381 e. The molecule has 0 atom stereocenters. The number of hydrogen-bond acceptors (Lipinski definition) is 5. The highest BCUT2D eigenvalue weighted by atomic mass is 16.5. The van der Waals surface area contributed by atoms with Crippen molar-refractivity contribution < 1.29 is 4.74 Å². The van der Waals surface area contributed by atoms with E-state index in [-0.39, 0.29) is 0 Å². The van der Waals surface area contributed by atoms with Crippen LogP contribution in [0.5, 0.6) is 0 Å². The molecule has 5 heteroatoms. The minimum atomic E-state index is 0.393. The van der Waals surface area contributed by atoms with E-state index in [0.717, 1.165) is 69.9 Å². The molecule has 140 valence electrons. The molecule has 3 rings (SSSR count). The fourth-order valence-corrected chi connectivity index (χ4v) is 3.84. The molecule has 3 N–H and O–H groups in total. The second kappa shape index (κ2) is 9.39. The standard InChI is InChI=1S/C20H34N4O/c1-16-19(23-18-8-6-17(21)7-9-18)10-11-20(22-16)24-12-3-2-4-14-25-15-5-13-24/h10-11,17-18,23H,2-9,12-15,21H2,1H3. The van der Waals surface area contributed by atoms with Crippen molar-refractivity contribution in [1.29, 1.82) is 0 Å². The quantitative estimate of drug-likeness (QED) is 0.877. The molecule has 0 radical (unpaired) electrons. The van der Waals surface area contributed by atoms with Crippen molar-refractivity contribution in [2.24, 2.45) is 5.73 Å². The van der Waals surface area contributed by atoms with E-state index < -0.39 is 0 Å².